The van der Waals surface area contributed by atoms with Crippen LogP contribution in [0.1, 0.15) is 25.6 Å². The summed E-state index contributed by atoms with van der Waals surface area (Å²) in [5.41, 5.74) is 8.50. The summed E-state index contributed by atoms with van der Waals surface area (Å²) in [5, 5.41) is 8.64. The van der Waals surface area contributed by atoms with Crippen molar-refractivity contribution in [3.8, 4) is 11.3 Å². The number of benzene rings is 1. The van der Waals surface area contributed by atoms with Crippen molar-refractivity contribution in [2.24, 2.45) is 0 Å². The van der Waals surface area contributed by atoms with E-state index in [0.29, 0.717) is 34.1 Å². The molecule has 0 atom stereocenters. The van der Waals surface area contributed by atoms with Gasteiger partial charge < -0.3 is 5.73 Å². The number of nitrogens with zero attached hydrogens (tertiary/aromatic N) is 3. The largest absolute Gasteiger partial charge is 0.383 e. The number of sulfonamides is 1. The molecular formula is C16H18N6O2S. The van der Waals surface area contributed by atoms with Crippen molar-refractivity contribution < 1.29 is 8.42 Å². The zero-order valence-electron chi connectivity index (χ0n) is 13.8. The number of hydrogen-bond acceptors (Lipinski definition) is 6. The molecule has 0 aliphatic carbocycles. The molecule has 3 rings (SSSR count). The fourth-order valence-electron chi connectivity index (χ4n) is 2.35. The average molecular weight is 358 g/mol. The van der Waals surface area contributed by atoms with Gasteiger partial charge in [-0.05, 0) is 12.1 Å². The van der Waals surface area contributed by atoms with Crippen LogP contribution in [0.3, 0.4) is 0 Å². The highest BCUT2D eigenvalue weighted by Crippen LogP contribution is 2.30. The maximum Gasteiger partial charge on any atom is 0.254 e. The number of aromatic amines is 1. The zero-order chi connectivity index (χ0) is 18.2. The Kier molecular flexibility index (Phi) is 4.17. The fraction of sp³-hybridized carbons (Fsp3) is 0.188. The molecule has 0 amide bonds. The van der Waals surface area contributed by atoms with Crippen molar-refractivity contribution in [2.45, 2.75) is 19.8 Å². The first kappa shape index (κ1) is 16.9. The van der Waals surface area contributed by atoms with Gasteiger partial charge in [-0.3, -0.25) is 9.82 Å². The second-order valence-electron chi connectivity index (χ2n) is 5.81. The van der Waals surface area contributed by atoms with Crippen LogP contribution < -0.4 is 10.5 Å². The molecule has 0 saturated carbocycles. The molecular weight excluding hydrogens is 340 g/mol. The fourth-order valence-corrected chi connectivity index (χ4v) is 2.89. The lowest BCUT2D eigenvalue weighted by Gasteiger charge is -2.07. The first-order chi connectivity index (χ1) is 11.8. The van der Waals surface area contributed by atoms with E-state index in [0.717, 1.165) is 11.0 Å². The minimum absolute atomic E-state index is 0.143. The van der Waals surface area contributed by atoms with Gasteiger partial charge in [-0.25, -0.2) is 18.4 Å². The van der Waals surface area contributed by atoms with Crippen molar-refractivity contribution in [1.82, 2.24) is 20.2 Å². The van der Waals surface area contributed by atoms with Crippen molar-refractivity contribution >= 4 is 32.6 Å². The smallest absolute Gasteiger partial charge is 0.254 e. The summed E-state index contributed by atoms with van der Waals surface area (Å²) < 4.78 is 25.4. The minimum Gasteiger partial charge on any atom is -0.383 e. The van der Waals surface area contributed by atoms with Crippen LogP contribution in [0.4, 0.5) is 11.5 Å². The van der Waals surface area contributed by atoms with Crippen LogP contribution in [0.2, 0.25) is 0 Å². The second-order valence-corrected chi connectivity index (χ2v) is 7.44. The van der Waals surface area contributed by atoms with Gasteiger partial charge in [0.1, 0.15) is 11.6 Å². The molecule has 1 aromatic carbocycles. The third kappa shape index (κ3) is 3.31. The van der Waals surface area contributed by atoms with E-state index in [1.807, 2.05) is 13.8 Å². The van der Waals surface area contributed by atoms with Gasteiger partial charge in [0.15, 0.2) is 5.65 Å². The van der Waals surface area contributed by atoms with Crippen LogP contribution in [0.5, 0.6) is 0 Å². The summed E-state index contributed by atoms with van der Waals surface area (Å²) in [4.78, 5) is 8.76. The molecule has 25 heavy (non-hydrogen) atoms. The number of rotatable bonds is 5. The maximum absolute atomic E-state index is 11.5. The summed E-state index contributed by atoms with van der Waals surface area (Å²) in [6, 6.07) is 6.79. The summed E-state index contributed by atoms with van der Waals surface area (Å²) >= 11 is 0. The number of fused-ring (bicyclic) bond motifs is 1. The van der Waals surface area contributed by atoms with Gasteiger partial charge in [0, 0.05) is 22.6 Å². The Morgan fingerprint density at radius 3 is 2.52 bits per heavy atom. The number of nitrogens with one attached hydrogen (secondary N) is 2. The summed E-state index contributed by atoms with van der Waals surface area (Å²) in [7, 11) is -3.54. The SMILES string of the molecule is C=CS(=O)(=O)Nc1ccc(-c2[nH]nc3nc(C(C)C)nc(N)c23)cc1. The Labute approximate surface area is 145 Å². The van der Waals surface area contributed by atoms with Gasteiger partial charge in [0.2, 0.25) is 0 Å². The molecule has 4 N–H and O–H groups in total. The lowest BCUT2D eigenvalue weighted by molar-refractivity contribution is 0.609. The zero-order valence-corrected chi connectivity index (χ0v) is 14.6. The van der Waals surface area contributed by atoms with Gasteiger partial charge in [-0.15, -0.1) is 0 Å². The monoisotopic (exact) mass is 358 g/mol. The number of anilines is 2. The number of H-pyrrole nitrogens is 1. The van der Waals surface area contributed by atoms with Crippen molar-refractivity contribution in [1.29, 1.82) is 0 Å². The lowest BCUT2D eigenvalue weighted by Crippen LogP contribution is -2.08. The predicted molar refractivity (Wildman–Crippen MR) is 98.4 cm³/mol. The standard InChI is InChI=1S/C16H18N6O2S/c1-4-25(23,24)22-11-7-5-10(6-8-11)13-12-14(17)18-15(9(2)3)19-16(12)21-20-13/h4-9,22H,1H2,2-3H3,(H3,17,18,19,20,21). The second kappa shape index (κ2) is 6.17. The first-order valence-electron chi connectivity index (χ1n) is 7.58. The Morgan fingerprint density at radius 1 is 1.24 bits per heavy atom. The van der Waals surface area contributed by atoms with E-state index < -0.39 is 10.0 Å². The normalized spacial score (nSPS) is 11.8. The van der Waals surface area contributed by atoms with Crippen molar-refractivity contribution in [3.63, 3.8) is 0 Å². The highest BCUT2D eigenvalue weighted by molar-refractivity contribution is 7.95. The molecule has 2 aromatic heterocycles. The van der Waals surface area contributed by atoms with E-state index in [4.69, 9.17) is 5.73 Å². The molecule has 0 aliphatic rings. The van der Waals surface area contributed by atoms with Crippen LogP contribution in [-0.2, 0) is 10.0 Å². The average Bonchev–Trinajstić information content (AvgIpc) is 3.00. The number of aromatic nitrogens is 4. The van der Waals surface area contributed by atoms with E-state index in [2.05, 4.69) is 31.5 Å². The minimum atomic E-state index is -3.54. The molecule has 0 unspecified atom stereocenters. The number of nitrogens with two attached hydrogens (primary N) is 1. The van der Waals surface area contributed by atoms with E-state index in [1.54, 1.807) is 24.3 Å². The van der Waals surface area contributed by atoms with Gasteiger partial charge in [-0.2, -0.15) is 5.10 Å². The van der Waals surface area contributed by atoms with Gasteiger partial charge in [-0.1, -0.05) is 32.6 Å². The van der Waals surface area contributed by atoms with E-state index in [-0.39, 0.29) is 5.92 Å². The topological polar surface area (TPSA) is 127 Å². The van der Waals surface area contributed by atoms with Crippen LogP contribution in [0.15, 0.2) is 36.3 Å². The maximum atomic E-state index is 11.5. The van der Waals surface area contributed by atoms with Crippen molar-refractivity contribution in [3.05, 3.63) is 42.1 Å². The summed E-state index contributed by atoms with van der Waals surface area (Å²) in [5.74, 6) is 1.13. The lowest BCUT2D eigenvalue weighted by atomic mass is 10.1. The molecule has 0 fully saturated rings. The van der Waals surface area contributed by atoms with Gasteiger partial charge in [0.05, 0.1) is 11.1 Å². The van der Waals surface area contributed by atoms with Crippen LogP contribution in [-0.4, -0.2) is 28.6 Å². The van der Waals surface area contributed by atoms with Crippen molar-refractivity contribution in [2.75, 3.05) is 10.5 Å². The third-order valence-electron chi connectivity index (χ3n) is 3.63. The van der Waals surface area contributed by atoms with Crippen LogP contribution >= 0.6 is 0 Å². The molecule has 130 valence electrons. The number of hydrogen-bond donors (Lipinski definition) is 3. The summed E-state index contributed by atoms with van der Waals surface area (Å²) in [6.45, 7) is 7.23. The van der Waals surface area contributed by atoms with E-state index in [9.17, 15) is 8.42 Å². The Hall–Kier alpha value is -2.94. The van der Waals surface area contributed by atoms with Crippen LogP contribution in [0.25, 0.3) is 22.3 Å². The molecule has 0 spiro atoms. The van der Waals surface area contributed by atoms with Gasteiger partial charge in [0.25, 0.3) is 10.0 Å². The summed E-state index contributed by atoms with van der Waals surface area (Å²) in [6.07, 6.45) is 0. The number of nitrogen functional groups attached to an aromatic ring is 1. The van der Waals surface area contributed by atoms with Gasteiger partial charge >= 0.3 is 0 Å². The molecule has 0 radical (unpaired) electrons. The first-order valence-corrected chi connectivity index (χ1v) is 9.12. The van der Waals surface area contributed by atoms with E-state index >= 15 is 0 Å². The highest BCUT2D eigenvalue weighted by Gasteiger charge is 2.16. The molecule has 0 aliphatic heterocycles. The third-order valence-corrected chi connectivity index (χ3v) is 4.59. The predicted octanol–water partition coefficient (Wildman–Crippen LogP) is 2.61. The molecule has 2 heterocycles. The molecule has 0 saturated heterocycles. The Balaban J connectivity index is 2.01. The Bertz CT molecular complexity index is 1040. The molecule has 9 heteroatoms. The molecule has 3 aromatic rings. The van der Waals surface area contributed by atoms with E-state index in [1.165, 1.54) is 0 Å². The molecule has 8 nitrogen and oxygen atoms in total. The quantitative estimate of drug-likeness (QED) is 0.643. The highest BCUT2D eigenvalue weighted by atomic mass is 32.2. The van der Waals surface area contributed by atoms with Crippen LogP contribution in [0, 0.1) is 0 Å². The Morgan fingerprint density at radius 2 is 1.92 bits per heavy atom. The molecule has 0 bridgehead atoms.